The van der Waals surface area contributed by atoms with Crippen LogP contribution in [0.1, 0.15) is 52.9 Å². The van der Waals surface area contributed by atoms with Crippen LogP contribution in [-0.2, 0) is 23.2 Å². The molecule has 122 valence electrons. The second-order valence-corrected chi connectivity index (χ2v) is 7.70. The SMILES string of the molecule is CCOP(=O)(CC(=O)CC(C)C1CCCCC1=O)OCC. The van der Waals surface area contributed by atoms with Crippen LogP contribution in [0, 0.1) is 11.8 Å². The molecule has 1 aliphatic rings. The molecular weight excluding hydrogens is 291 g/mol. The largest absolute Gasteiger partial charge is 0.338 e. The first kappa shape index (κ1) is 18.5. The van der Waals surface area contributed by atoms with Gasteiger partial charge < -0.3 is 9.05 Å². The summed E-state index contributed by atoms with van der Waals surface area (Å²) in [6.07, 6.45) is 3.56. The van der Waals surface area contributed by atoms with Crippen LogP contribution in [0.5, 0.6) is 0 Å². The minimum Gasteiger partial charge on any atom is -0.309 e. The average Bonchev–Trinajstić information content (AvgIpc) is 2.38. The fourth-order valence-electron chi connectivity index (χ4n) is 2.92. The van der Waals surface area contributed by atoms with Crippen LogP contribution in [0.4, 0.5) is 0 Å². The Morgan fingerprint density at radius 3 is 2.43 bits per heavy atom. The van der Waals surface area contributed by atoms with E-state index in [1.54, 1.807) is 13.8 Å². The molecule has 2 atom stereocenters. The number of hydrogen-bond acceptors (Lipinski definition) is 5. The van der Waals surface area contributed by atoms with Gasteiger partial charge in [0.15, 0.2) is 0 Å². The van der Waals surface area contributed by atoms with Crippen molar-refractivity contribution in [3.8, 4) is 0 Å². The van der Waals surface area contributed by atoms with Gasteiger partial charge in [0.1, 0.15) is 17.7 Å². The molecule has 0 saturated heterocycles. The summed E-state index contributed by atoms with van der Waals surface area (Å²) in [5.41, 5.74) is 0. The van der Waals surface area contributed by atoms with Gasteiger partial charge in [-0.05, 0) is 32.6 Å². The van der Waals surface area contributed by atoms with Gasteiger partial charge >= 0.3 is 7.60 Å². The van der Waals surface area contributed by atoms with E-state index in [2.05, 4.69) is 0 Å². The molecule has 1 fully saturated rings. The summed E-state index contributed by atoms with van der Waals surface area (Å²) in [6, 6.07) is 0. The average molecular weight is 318 g/mol. The summed E-state index contributed by atoms with van der Waals surface area (Å²) in [5.74, 6) is 0.0914. The molecule has 0 radical (unpaired) electrons. The van der Waals surface area contributed by atoms with E-state index in [4.69, 9.17) is 9.05 Å². The first-order chi connectivity index (χ1) is 9.91. The van der Waals surface area contributed by atoms with Gasteiger partial charge in [0, 0.05) is 18.8 Å². The normalized spacial score (nSPS) is 21.3. The molecule has 0 aliphatic heterocycles. The van der Waals surface area contributed by atoms with Gasteiger partial charge in [0.05, 0.1) is 13.2 Å². The second kappa shape index (κ2) is 8.82. The molecule has 1 aliphatic carbocycles. The summed E-state index contributed by atoms with van der Waals surface area (Å²) in [7, 11) is -3.32. The summed E-state index contributed by atoms with van der Waals surface area (Å²) in [4.78, 5) is 24.0. The van der Waals surface area contributed by atoms with Crippen LogP contribution in [0.2, 0.25) is 0 Å². The predicted octanol–water partition coefficient (Wildman–Crippen LogP) is 3.61. The fourth-order valence-corrected chi connectivity index (χ4v) is 4.52. The Hall–Kier alpha value is -0.510. The maximum absolute atomic E-state index is 12.3. The van der Waals surface area contributed by atoms with E-state index in [1.165, 1.54) is 0 Å². The lowest BCUT2D eigenvalue weighted by atomic mass is 9.78. The quantitative estimate of drug-likeness (QED) is 0.607. The zero-order valence-corrected chi connectivity index (χ0v) is 14.2. The van der Waals surface area contributed by atoms with E-state index >= 15 is 0 Å². The van der Waals surface area contributed by atoms with Crippen molar-refractivity contribution < 1.29 is 23.2 Å². The van der Waals surface area contributed by atoms with Crippen molar-refractivity contribution in [2.75, 3.05) is 19.4 Å². The van der Waals surface area contributed by atoms with Gasteiger partial charge in [-0.1, -0.05) is 13.3 Å². The highest BCUT2D eigenvalue weighted by molar-refractivity contribution is 7.54. The number of Topliss-reactive ketones (excluding diaryl/α,β-unsaturated/α-hetero) is 2. The first-order valence-corrected chi connectivity index (χ1v) is 9.57. The highest BCUT2D eigenvalue weighted by Gasteiger charge is 2.32. The number of carbonyl (C=O) groups excluding carboxylic acids is 2. The summed E-state index contributed by atoms with van der Waals surface area (Å²) >= 11 is 0. The molecule has 1 saturated carbocycles. The van der Waals surface area contributed by atoms with Crippen molar-refractivity contribution >= 4 is 19.2 Å². The molecule has 0 spiro atoms. The number of hydrogen-bond donors (Lipinski definition) is 0. The highest BCUT2D eigenvalue weighted by Crippen LogP contribution is 2.48. The van der Waals surface area contributed by atoms with Crippen molar-refractivity contribution in [2.45, 2.75) is 52.9 Å². The molecule has 0 heterocycles. The van der Waals surface area contributed by atoms with Gasteiger partial charge in [-0.3, -0.25) is 14.2 Å². The second-order valence-electron chi connectivity index (χ2n) is 5.64. The zero-order chi connectivity index (χ0) is 15.9. The van der Waals surface area contributed by atoms with E-state index in [-0.39, 0.29) is 49.2 Å². The fraction of sp³-hybridized carbons (Fsp3) is 0.867. The van der Waals surface area contributed by atoms with Gasteiger partial charge in [-0.15, -0.1) is 0 Å². The highest BCUT2D eigenvalue weighted by atomic mass is 31.2. The minimum absolute atomic E-state index is 0.00185. The number of ketones is 2. The smallest absolute Gasteiger partial charge is 0.309 e. The molecule has 6 heteroatoms. The minimum atomic E-state index is -3.32. The molecule has 0 amide bonds. The zero-order valence-electron chi connectivity index (χ0n) is 13.3. The molecule has 0 aromatic carbocycles. The maximum atomic E-state index is 12.3. The van der Waals surface area contributed by atoms with E-state index in [1.807, 2.05) is 6.92 Å². The van der Waals surface area contributed by atoms with Crippen molar-refractivity contribution in [3.05, 3.63) is 0 Å². The monoisotopic (exact) mass is 318 g/mol. The predicted molar refractivity (Wildman–Crippen MR) is 81.5 cm³/mol. The van der Waals surface area contributed by atoms with Crippen LogP contribution < -0.4 is 0 Å². The van der Waals surface area contributed by atoms with E-state index in [0.29, 0.717) is 6.42 Å². The Morgan fingerprint density at radius 1 is 1.29 bits per heavy atom. The maximum Gasteiger partial charge on any atom is 0.338 e. The van der Waals surface area contributed by atoms with Crippen LogP contribution in [-0.4, -0.2) is 30.9 Å². The third-order valence-electron chi connectivity index (χ3n) is 3.86. The summed E-state index contributed by atoms with van der Waals surface area (Å²) < 4.78 is 22.6. The topological polar surface area (TPSA) is 69.7 Å². The molecule has 0 N–H and O–H groups in total. The van der Waals surface area contributed by atoms with Crippen molar-refractivity contribution in [2.24, 2.45) is 11.8 Å². The molecule has 0 bridgehead atoms. The van der Waals surface area contributed by atoms with E-state index < -0.39 is 7.60 Å². The Kier molecular flexibility index (Phi) is 7.78. The lowest BCUT2D eigenvalue weighted by Gasteiger charge is -2.26. The van der Waals surface area contributed by atoms with Crippen molar-refractivity contribution in [3.63, 3.8) is 0 Å². The Morgan fingerprint density at radius 2 is 1.90 bits per heavy atom. The van der Waals surface area contributed by atoms with Gasteiger partial charge in [0.2, 0.25) is 0 Å². The van der Waals surface area contributed by atoms with E-state index in [0.717, 1.165) is 19.3 Å². The Bertz CT molecular complexity index is 397. The lowest BCUT2D eigenvalue weighted by molar-refractivity contribution is -0.127. The Balaban J connectivity index is 2.55. The van der Waals surface area contributed by atoms with Crippen LogP contribution in [0.25, 0.3) is 0 Å². The van der Waals surface area contributed by atoms with Gasteiger partial charge in [-0.2, -0.15) is 0 Å². The Labute approximate surface area is 127 Å². The molecule has 1 rings (SSSR count). The number of rotatable bonds is 9. The summed E-state index contributed by atoms with van der Waals surface area (Å²) in [5, 5.41) is 0. The first-order valence-electron chi connectivity index (χ1n) is 7.84. The molecule has 21 heavy (non-hydrogen) atoms. The lowest BCUT2D eigenvalue weighted by Crippen LogP contribution is -2.27. The van der Waals surface area contributed by atoms with E-state index in [9.17, 15) is 14.2 Å². The molecular formula is C15H27O5P. The molecule has 0 aromatic rings. The van der Waals surface area contributed by atoms with Gasteiger partial charge in [0.25, 0.3) is 0 Å². The van der Waals surface area contributed by atoms with Gasteiger partial charge in [-0.25, -0.2) is 0 Å². The molecule has 2 unspecified atom stereocenters. The summed E-state index contributed by atoms with van der Waals surface area (Å²) in [6.45, 7) is 5.87. The van der Waals surface area contributed by atoms with Crippen molar-refractivity contribution in [1.82, 2.24) is 0 Å². The van der Waals surface area contributed by atoms with Crippen LogP contribution in [0.3, 0.4) is 0 Å². The third-order valence-corrected chi connectivity index (χ3v) is 5.90. The third kappa shape index (κ3) is 6.01. The molecule has 0 aromatic heterocycles. The molecule has 5 nitrogen and oxygen atoms in total. The standard InChI is InChI=1S/C15H27O5P/c1-4-19-21(18,20-5-2)11-13(16)10-12(3)14-8-6-7-9-15(14)17/h12,14H,4-11H2,1-3H3. The van der Waals surface area contributed by atoms with Crippen LogP contribution in [0.15, 0.2) is 0 Å². The van der Waals surface area contributed by atoms with Crippen LogP contribution >= 0.6 is 7.60 Å². The van der Waals surface area contributed by atoms with Crippen molar-refractivity contribution in [1.29, 1.82) is 0 Å². The number of carbonyl (C=O) groups is 2.